The Hall–Kier alpha value is -0.860. The maximum Gasteiger partial charge on any atom is 0.0313 e. The van der Waals surface area contributed by atoms with Gasteiger partial charge in [-0.3, -0.25) is 0 Å². The molecule has 1 aromatic rings. The van der Waals surface area contributed by atoms with Crippen molar-refractivity contribution in [3.8, 4) is 0 Å². The fraction of sp³-hybridized carbons (Fsp3) is 0.625. The Balaban J connectivity index is 0.000000360. The van der Waals surface area contributed by atoms with Crippen LogP contribution in [0.5, 0.6) is 0 Å². The molecule has 0 N–H and O–H groups in total. The summed E-state index contributed by atoms with van der Waals surface area (Å²) in [5.74, 6) is 0. The Labute approximate surface area is 114 Å². The molecule has 0 aromatic heterocycles. The van der Waals surface area contributed by atoms with E-state index < -0.39 is 0 Å². The Bertz CT molecular complexity index is 273. The van der Waals surface area contributed by atoms with Crippen molar-refractivity contribution < 1.29 is 0 Å². The zero-order valence-corrected chi connectivity index (χ0v) is 13.0. The number of rotatable bonds is 5. The zero-order valence-electron chi connectivity index (χ0n) is 13.0. The van der Waals surface area contributed by atoms with Crippen molar-refractivity contribution in [3.05, 3.63) is 35.9 Å². The highest BCUT2D eigenvalue weighted by molar-refractivity contribution is 5.17. The molecule has 0 fully saturated rings. The van der Waals surface area contributed by atoms with Gasteiger partial charge < -0.3 is 9.80 Å². The monoisotopic (exact) mass is 250 g/mol. The molecular formula is C16H30N2. The fourth-order valence-electron chi connectivity index (χ4n) is 1.70. The molecule has 1 unspecified atom stereocenters. The van der Waals surface area contributed by atoms with Crippen molar-refractivity contribution in [2.24, 2.45) is 0 Å². The molecular weight excluding hydrogens is 220 g/mol. The maximum atomic E-state index is 2.38. The van der Waals surface area contributed by atoms with E-state index in [1.165, 1.54) is 25.2 Å². The molecule has 104 valence electrons. The van der Waals surface area contributed by atoms with Gasteiger partial charge in [-0.05, 0) is 46.2 Å². The van der Waals surface area contributed by atoms with E-state index in [1.54, 1.807) is 0 Å². The molecule has 0 aliphatic rings. The third-order valence-electron chi connectivity index (χ3n) is 3.40. The van der Waals surface area contributed by atoms with Crippen LogP contribution in [0.4, 0.5) is 0 Å². The average Bonchev–Trinajstić information content (AvgIpc) is 2.41. The minimum Gasteiger partial charge on any atom is -0.304 e. The van der Waals surface area contributed by atoms with E-state index in [1.807, 2.05) is 6.07 Å². The molecule has 2 nitrogen and oxygen atoms in total. The van der Waals surface area contributed by atoms with Gasteiger partial charge in [-0.1, -0.05) is 51.1 Å². The van der Waals surface area contributed by atoms with Gasteiger partial charge >= 0.3 is 0 Å². The summed E-state index contributed by atoms with van der Waals surface area (Å²) < 4.78 is 0. The van der Waals surface area contributed by atoms with Crippen LogP contribution in [-0.4, -0.2) is 43.5 Å². The normalized spacial score (nSPS) is 12.2. The lowest BCUT2D eigenvalue weighted by Gasteiger charge is -2.19. The lowest BCUT2D eigenvalue weighted by molar-refractivity contribution is 0.321. The first kappa shape index (κ1) is 17.1. The molecule has 0 saturated heterocycles. The zero-order chi connectivity index (χ0) is 14.0. The van der Waals surface area contributed by atoms with Crippen molar-refractivity contribution in [2.75, 3.05) is 33.7 Å². The lowest BCUT2D eigenvalue weighted by atomic mass is 10.1. The Morgan fingerprint density at radius 2 is 1.33 bits per heavy atom. The molecule has 0 radical (unpaired) electrons. The van der Waals surface area contributed by atoms with Crippen LogP contribution in [0.15, 0.2) is 30.3 Å². The molecule has 0 bridgehead atoms. The Morgan fingerprint density at radius 3 is 1.61 bits per heavy atom. The first-order chi connectivity index (χ1) is 8.56. The largest absolute Gasteiger partial charge is 0.304 e. The van der Waals surface area contributed by atoms with E-state index in [0.717, 1.165) is 0 Å². The van der Waals surface area contributed by atoms with Gasteiger partial charge in [0.2, 0.25) is 0 Å². The molecule has 0 saturated carbocycles. The van der Waals surface area contributed by atoms with E-state index in [2.05, 4.69) is 75.9 Å². The molecule has 0 aliphatic heterocycles. The molecule has 0 spiro atoms. The molecule has 1 aromatic carbocycles. The smallest absolute Gasteiger partial charge is 0.0313 e. The van der Waals surface area contributed by atoms with Gasteiger partial charge in [0.25, 0.3) is 0 Å². The first-order valence-electron chi connectivity index (χ1n) is 7.00. The summed E-state index contributed by atoms with van der Waals surface area (Å²) in [5, 5.41) is 0. The highest BCUT2D eigenvalue weighted by Gasteiger charge is 2.04. The van der Waals surface area contributed by atoms with Gasteiger partial charge in [-0.15, -0.1) is 0 Å². The second-order valence-electron chi connectivity index (χ2n) is 4.67. The fourth-order valence-corrected chi connectivity index (χ4v) is 1.70. The van der Waals surface area contributed by atoms with Crippen LogP contribution in [0.25, 0.3) is 0 Å². The molecule has 0 amide bonds. The first-order valence-corrected chi connectivity index (χ1v) is 7.00. The second kappa shape index (κ2) is 10.1. The van der Waals surface area contributed by atoms with Crippen molar-refractivity contribution in [1.29, 1.82) is 0 Å². The van der Waals surface area contributed by atoms with Gasteiger partial charge in [-0.2, -0.15) is 0 Å². The molecule has 0 aliphatic carbocycles. The number of nitrogens with zero attached hydrogens (tertiary/aromatic N) is 2. The highest BCUT2D eigenvalue weighted by Crippen LogP contribution is 2.15. The quantitative estimate of drug-likeness (QED) is 0.787. The van der Waals surface area contributed by atoms with Crippen LogP contribution in [0, 0.1) is 0 Å². The van der Waals surface area contributed by atoms with Gasteiger partial charge in [0.1, 0.15) is 0 Å². The summed E-state index contributed by atoms with van der Waals surface area (Å²) in [5.41, 5.74) is 1.37. The van der Waals surface area contributed by atoms with Gasteiger partial charge in [0.05, 0.1) is 0 Å². The molecule has 1 rings (SSSR count). The predicted octanol–water partition coefficient (Wildman–Crippen LogP) is 3.66. The summed E-state index contributed by atoms with van der Waals surface area (Å²) in [6, 6.07) is 11.0. The molecule has 2 heteroatoms. The number of hydrogen-bond acceptors (Lipinski definition) is 2. The van der Waals surface area contributed by atoms with Gasteiger partial charge in [-0.25, -0.2) is 0 Å². The van der Waals surface area contributed by atoms with Crippen LogP contribution >= 0.6 is 0 Å². The third-order valence-corrected chi connectivity index (χ3v) is 3.40. The van der Waals surface area contributed by atoms with Crippen LogP contribution in [0.1, 0.15) is 39.3 Å². The SMILES string of the molecule is CC(c1ccccc1)N(C)C.CCN(CC)CC. The third kappa shape index (κ3) is 6.77. The Kier molecular flexibility index (Phi) is 9.62. The van der Waals surface area contributed by atoms with E-state index in [-0.39, 0.29) is 0 Å². The van der Waals surface area contributed by atoms with Gasteiger partial charge in [0.15, 0.2) is 0 Å². The summed E-state index contributed by atoms with van der Waals surface area (Å²) in [6.45, 7) is 12.3. The van der Waals surface area contributed by atoms with Crippen molar-refractivity contribution in [1.82, 2.24) is 9.80 Å². The van der Waals surface area contributed by atoms with Crippen molar-refractivity contribution in [2.45, 2.75) is 33.7 Å². The maximum absolute atomic E-state index is 2.38. The van der Waals surface area contributed by atoms with Crippen LogP contribution in [0.3, 0.4) is 0 Å². The molecule has 0 heterocycles. The van der Waals surface area contributed by atoms with Crippen LogP contribution in [-0.2, 0) is 0 Å². The van der Waals surface area contributed by atoms with Gasteiger partial charge in [0, 0.05) is 6.04 Å². The van der Waals surface area contributed by atoms with Crippen molar-refractivity contribution >= 4 is 0 Å². The summed E-state index contributed by atoms with van der Waals surface area (Å²) in [7, 11) is 4.19. The number of hydrogen-bond donors (Lipinski definition) is 0. The molecule has 18 heavy (non-hydrogen) atoms. The highest BCUT2D eigenvalue weighted by atomic mass is 15.1. The Morgan fingerprint density at radius 1 is 0.889 bits per heavy atom. The standard InChI is InChI=1S/C10H15N.C6H15N/c1-9(11(2)3)10-7-5-4-6-8-10;1-4-7(5-2)6-3/h4-9H,1-3H3;4-6H2,1-3H3. The van der Waals surface area contributed by atoms with E-state index in [9.17, 15) is 0 Å². The minimum absolute atomic E-state index is 0.510. The van der Waals surface area contributed by atoms with Crippen molar-refractivity contribution in [3.63, 3.8) is 0 Å². The van der Waals surface area contributed by atoms with E-state index >= 15 is 0 Å². The van der Waals surface area contributed by atoms with E-state index in [0.29, 0.717) is 6.04 Å². The molecule has 1 atom stereocenters. The summed E-state index contributed by atoms with van der Waals surface area (Å²) in [4.78, 5) is 4.58. The lowest BCUT2D eigenvalue weighted by Crippen LogP contribution is -2.21. The average molecular weight is 250 g/mol. The topological polar surface area (TPSA) is 6.48 Å². The second-order valence-corrected chi connectivity index (χ2v) is 4.67. The predicted molar refractivity (Wildman–Crippen MR) is 82.0 cm³/mol. The van der Waals surface area contributed by atoms with E-state index in [4.69, 9.17) is 0 Å². The van der Waals surface area contributed by atoms with Crippen LogP contribution < -0.4 is 0 Å². The minimum atomic E-state index is 0.510. The number of benzene rings is 1. The summed E-state index contributed by atoms with van der Waals surface area (Å²) >= 11 is 0. The summed E-state index contributed by atoms with van der Waals surface area (Å²) in [6.07, 6.45) is 0. The van der Waals surface area contributed by atoms with Crippen LogP contribution in [0.2, 0.25) is 0 Å².